The van der Waals surface area contributed by atoms with Crippen LogP contribution < -0.4 is 4.72 Å². The number of hydrogen-bond donors (Lipinski definition) is 1. The van der Waals surface area contributed by atoms with Crippen LogP contribution in [0.25, 0.3) is 0 Å². The lowest BCUT2D eigenvalue weighted by Crippen LogP contribution is -2.40. The standard InChI is InChI=1S/C15H20FNO5S/c1-11(22-10-13-4-2-3-9-21-13)15(18)17-23(19,20)14-7-5-12(16)6-8-14/h5-8,11,13H,2-4,9-10H2,1H3,(H,17,18)/t11-,13-/m1/s1. The van der Waals surface area contributed by atoms with Gasteiger partial charge in [-0.05, 0) is 50.5 Å². The fraction of sp³-hybridized carbons (Fsp3) is 0.533. The van der Waals surface area contributed by atoms with Crippen LogP contribution in [0.15, 0.2) is 29.2 Å². The molecule has 2 rings (SSSR count). The van der Waals surface area contributed by atoms with E-state index in [1.54, 1.807) is 0 Å². The largest absolute Gasteiger partial charge is 0.376 e. The minimum Gasteiger partial charge on any atom is -0.376 e. The summed E-state index contributed by atoms with van der Waals surface area (Å²) in [5, 5.41) is 0. The number of carbonyl (C=O) groups excluding carboxylic acids is 1. The van der Waals surface area contributed by atoms with Gasteiger partial charge in [-0.25, -0.2) is 17.5 Å². The van der Waals surface area contributed by atoms with Crippen LogP contribution in [0.3, 0.4) is 0 Å². The van der Waals surface area contributed by atoms with Crippen LogP contribution in [0.1, 0.15) is 26.2 Å². The summed E-state index contributed by atoms with van der Waals surface area (Å²) in [6.07, 6.45) is 1.93. The molecule has 1 aromatic rings. The van der Waals surface area contributed by atoms with Gasteiger partial charge in [0.2, 0.25) is 0 Å². The maximum absolute atomic E-state index is 12.8. The quantitative estimate of drug-likeness (QED) is 0.847. The third kappa shape index (κ3) is 5.26. The van der Waals surface area contributed by atoms with Gasteiger partial charge in [-0.15, -0.1) is 0 Å². The van der Waals surface area contributed by atoms with Gasteiger partial charge in [0.15, 0.2) is 0 Å². The molecular weight excluding hydrogens is 325 g/mol. The van der Waals surface area contributed by atoms with Crippen molar-refractivity contribution in [1.29, 1.82) is 0 Å². The second kappa shape index (κ2) is 7.85. The van der Waals surface area contributed by atoms with Gasteiger partial charge >= 0.3 is 0 Å². The summed E-state index contributed by atoms with van der Waals surface area (Å²) in [6, 6.07) is 4.21. The third-order valence-corrected chi connectivity index (χ3v) is 4.90. The normalized spacial score (nSPS) is 20.0. The molecule has 8 heteroatoms. The van der Waals surface area contributed by atoms with E-state index in [1.165, 1.54) is 6.92 Å². The Bertz CT molecular complexity index is 626. The average Bonchev–Trinajstić information content (AvgIpc) is 2.53. The number of halogens is 1. The highest BCUT2D eigenvalue weighted by Gasteiger charge is 2.23. The van der Waals surface area contributed by atoms with E-state index in [4.69, 9.17) is 9.47 Å². The zero-order chi connectivity index (χ0) is 16.9. The van der Waals surface area contributed by atoms with E-state index >= 15 is 0 Å². The van der Waals surface area contributed by atoms with Gasteiger partial charge in [-0.3, -0.25) is 4.79 Å². The molecule has 0 radical (unpaired) electrons. The molecule has 1 amide bonds. The van der Waals surface area contributed by atoms with Gasteiger partial charge in [0.1, 0.15) is 11.9 Å². The van der Waals surface area contributed by atoms with E-state index in [0.717, 1.165) is 43.5 Å². The molecule has 0 aromatic heterocycles. The van der Waals surface area contributed by atoms with Crippen LogP contribution in [-0.4, -0.2) is 39.7 Å². The predicted molar refractivity (Wildman–Crippen MR) is 80.7 cm³/mol. The van der Waals surface area contributed by atoms with Crippen molar-refractivity contribution in [3.63, 3.8) is 0 Å². The van der Waals surface area contributed by atoms with Crippen molar-refractivity contribution < 1.29 is 27.1 Å². The summed E-state index contributed by atoms with van der Waals surface area (Å²) < 4.78 is 49.7. The Morgan fingerprint density at radius 1 is 1.39 bits per heavy atom. The summed E-state index contributed by atoms with van der Waals surface area (Å²) in [7, 11) is -4.04. The average molecular weight is 345 g/mol. The Balaban J connectivity index is 1.87. The Morgan fingerprint density at radius 3 is 2.70 bits per heavy atom. The maximum atomic E-state index is 12.8. The van der Waals surface area contributed by atoms with Crippen LogP contribution >= 0.6 is 0 Å². The molecule has 1 fully saturated rings. The Kier molecular flexibility index (Phi) is 6.09. The minimum absolute atomic E-state index is 0.0623. The van der Waals surface area contributed by atoms with E-state index < -0.39 is 27.9 Å². The second-order valence-electron chi connectivity index (χ2n) is 5.39. The number of amides is 1. The van der Waals surface area contributed by atoms with Crippen molar-refractivity contribution >= 4 is 15.9 Å². The Hall–Kier alpha value is -1.51. The first kappa shape index (κ1) is 17.8. The van der Waals surface area contributed by atoms with Gasteiger partial charge in [0.05, 0.1) is 17.6 Å². The van der Waals surface area contributed by atoms with E-state index in [0.29, 0.717) is 6.61 Å². The summed E-state index contributed by atoms with van der Waals surface area (Å²) in [6.45, 7) is 2.39. The van der Waals surface area contributed by atoms with Gasteiger partial charge in [0, 0.05) is 6.61 Å². The number of hydrogen-bond acceptors (Lipinski definition) is 5. The van der Waals surface area contributed by atoms with Crippen molar-refractivity contribution in [3.8, 4) is 0 Å². The lowest BCUT2D eigenvalue weighted by molar-refractivity contribution is -0.133. The zero-order valence-corrected chi connectivity index (χ0v) is 13.6. The maximum Gasteiger partial charge on any atom is 0.264 e. The number of ether oxygens (including phenoxy) is 2. The molecule has 23 heavy (non-hydrogen) atoms. The van der Waals surface area contributed by atoms with Gasteiger partial charge in [-0.2, -0.15) is 0 Å². The molecule has 2 atom stereocenters. The second-order valence-corrected chi connectivity index (χ2v) is 7.07. The fourth-order valence-electron chi connectivity index (χ4n) is 2.15. The zero-order valence-electron chi connectivity index (χ0n) is 12.8. The molecular formula is C15H20FNO5S. The SMILES string of the molecule is C[C@@H](OC[C@H]1CCCCO1)C(=O)NS(=O)(=O)c1ccc(F)cc1. The predicted octanol–water partition coefficient (Wildman–Crippen LogP) is 1.60. The van der Waals surface area contributed by atoms with Crippen LogP contribution in [-0.2, 0) is 24.3 Å². The van der Waals surface area contributed by atoms with Gasteiger partial charge in [-0.1, -0.05) is 0 Å². The fourth-order valence-corrected chi connectivity index (χ4v) is 3.20. The monoisotopic (exact) mass is 345 g/mol. The molecule has 1 N–H and O–H groups in total. The summed E-state index contributed by atoms with van der Waals surface area (Å²) in [5.41, 5.74) is 0. The topological polar surface area (TPSA) is 81.7 Å². The van der Waals surface area contributed by atoms with Crippen LogP contribution in [0.4, 0.5) is 4.39 Å². The molecule has 0 spiro atoms. The lowest BCUT2D eigenvalue weighted by Gasteiger charge is -2.23. The molecule has 0 aliphatic carbocycles. The lowest BCUT2D eigenvalue weighted by atomic mass is 10.1. The molecule has 1 heterocycles. The molecule has 0 unspecified atom stereocenters. The smallest absolute Gasteiger partial charge is 0.264 e. The molecule has 0 bridgehead atoms. The minimum atomic E-state index is -4.04. The van der Waals surface area contributed by atoms with Crippen LogP contribution in [0, 0.1) is 5.82 Å². The molecule has 1 aliphatic rings. The summed E-state index contributed by atoms with van der Waals surface area (Å²) in [5.74, 6) is -1.33. The first-order valence-electron chi connectivity index (χ1n) is 7.44. The molecule has 6 nitrogen and oxygen atoms in total. The highest BCUT2D eigenvalue weighted by molar-refractivity contribution is 7.90. The van der Waals surface area contributed by atoms with Crippen LogP contribution in [0.2, 0.25) is 0 Å². The number of benzene rings is 1. The van der Waals surface area contributed by atoms with Crippen molar-refractivity contribution in [2.45, 2.75) is 43.3 Å². The van der Waals surface area contributed by atoms with Crippen molar-refractivity contribution in [2.24, 2.45) is 0 Å². The molecule has 128 valence electrons. The Labute approximate surface area is 135 Å². The number of carbonyl (C=O) groups is 1. The Morgan fingerprint density at radius 2 is 2.09 bits per heavy atom. The van der Waals surface area contributed by atoms with E-state index in [9.17, 15) is 17.6 Å². The highest BCUT2D eigenvalue weighted by Crippen LogP contribution is 2.14. The van der Waals surface area contributed by atoms with Crippen molar-refractivity contribution in [2.75, 3.05) is 13.2 Å². The summed E-state index contributed by atoms with van der Waals surface area (Å²) >= 11 is 0. The van der Waals surface area contributed by atoms with Gasteiger partial charge in [0.25, 0.3) is 15.9 Å². The van der Waals surface area contributed by atoms with Gasteiger partial charge < -0.3 is 9.47 Å². The molecule has 0 saturated carbocycles. The number of rotatable bonds is 6. The van der Waals surface area contributed by atoms with Crippen molar-refractivity contribution in [3.05, 3.63) is 30.1 Å². The molecule has 1 saturated heterocycles. The third-order valence-electron chi connectivity index (χ3n) is 3.53. The van der Waals surface area contributed by atoms with E-state index in [-0.39, 0.29) is 17.6 Å². The summed E-state index contributed by atoms with van der Waals surface area (Å²) in [4.78, 5) is 11.8. The number of nitrogens with one attached hydrogen (secondary N) is 1. The van der Waals surface area contributed by atoms with Crippen molar-refractivity contribution in [1.82, 2.24) is 4.72 Å². The highest BCUT2D eigenvalue weighted by atomic mass is 32.2. The first-order valence-corrected chi connectivity index (χ1v) is 8.92. The van der Waals surface area contributed by atoms with E-state index in [2.05, 4.69) is 0 Å². The molecule has 1 aromatic carbocycles. The molecule has 1 aliphatic heterocycles. The number of sulfonamides is 1. The van der Waals surface area contributed by atoms with E-state index in [1.807, 2.05) is 4.72 Å². The first-order chi connectivity index (χ1) is 10.9. The van der Waals surface area contributed by atoms with Crippen LogP contribution in [0.5, 0.6) is 0 Å².